The summed E-state index contributed by atoms with van der Waals surface area (Å²) in [5.41, 5.74) is 28.5. The Bertz CT molecular complexity index is 2460. The van der Waals surface area contributed by atoms with Gasteiger partial charge in [-0.3, -0.25) is 33.8 Å². The maximum Gasteiger partial charge on any atom is 0.245 e. The van der Waals surface area contributed by atoms with Crippen LogP contribution in [-0.4, -0.2) is 126 Å². The molecule has 5 rings (SSSR count). The van der Waals surface area contributed by atoms with E-state index >= 15 is 0 Å². The largest absolute Gasteiger partial charge is 0.508 e. The highest BCUT2D eigenvalue weighted by atomic mass is 16.3. The molecule has 0 radical (unpaired) electrons. The molecule has 0 saturated carbocycles. The van der Waals surface area contributed by atoms with E-state index in [9.17, 15) is 33.9 Å². The smallest absolute Gasteiger partial charge is 0.245 e. The number of aromatic hydroxyl groups is 1. The molecular weight excluding hydrogens is 939 g/mol. The van der Waals surface area contributed by atoms with E-state index in [1.807, 2.05) is 80.6 Å². The quantitative estimate of drug-likeness (QED) is 0.0226. The molecule has 4 aromatic carbocycles. The molecule has 18 nitrogen and oxygen atoms in total. The molecule has 1 fully saturated rings. The van der Waals surface area contributed by atoms with Gasteiger partial charge in [0.05, 0.1) is 6.04 Å². The molecule has 0 unspecified atom stereocenters. The lowest BCUT2D eigenvalue weighted by Crippen LogP contribution is -2.57. The van der Waals surface area contributed by atoms with Crippen LogP contribution in [0.25, 0.3) is 0 Å². The number of carbonyl (C=O) groups is 6. The Labute approximate surface area is 435 Å². The van der Waals surface area contributed by atoms with Crippen molar-refractivity contribution in [2.45, 2.75) is 115 Å². The van der Waals surface area contributed by atoms with Crippen molar-refractivity contribution in [2.24, 2.45) is 33.8 Å². The van der Waals surface area contributed by atoms with E-state index in [-0.39, 0.29) is 56.9 Å². The fourth-order valence-electron chi connectivity index (χ4n) is 9.38. The van der Waals surface area contributed by atoms with Crippen LogP contribution in [0.15, 0.2) is 108 Å². The Hall–Kier alpha value is -7.31. The number of nitrogens with zero attached hydrogens (tertiary/aromatic N) is 3. The van der Waals surface area contributed by atoms with E-state index in [1.54, 1.807) is 12.1 Å². The third-order valence-corrected chi connectivity index (χ3v) is 13.6. The summed E-state index contributed by atoms with van der Waals surface area (Å²) in [5.74, 6) is -2.91. The topological polar surface area (TPSA) is 294 Å². The van der Waals surface area contributed by atoms with Gasteiger partial charge >= 0.3 is 0 Å². The van der Waals surface area contributed by atoms with Gasteiger partial charge in [-0.25, -0.2) is 0 Å². The molecule has 5 atom stereocenters. The maximum absolute atomic E-state index is 14.3. The van der Waals surface area contributed by atoms with Crippen LogP contribution in [0.4, 0.5) is 0 Å². The number of nitrogens with two attached hydrogens (primary N) is 4. The van der Waals surface area contributed by atoms with Crippen molar-refractivity contribution in [3.05, 3.63) is 137 Å². The lowest BCUT2D eigenvalue weighted by Gasteiger charge is -2.32. The molecule has 1 saturated heterocycles. The standard InChI is InChI=1S/C56H77N11O7/c1-37-31-43(68)32-38(2)44(37)36-45(57)52(71)63-47(21-13-26-61-56(59)60)54(73)65-49(35-41-19-11-6-12-20-41)55(74)66(3)28-25-50(69)62-46(53(72)64-48(51(58)70)34-40-17-9-5-10-18-40)22-14-27-67-29-23-42(24-30-67)33-39-15-7-4-8-16-39/h4-12,15-20,31-32,42,45-49,68H,13-14,21-30,33-36,57H2,1-3H3,(H2,58,70)(H,62,69)(H,63,71)(H,64,72)(H,65,73)(H4,59,60,61)/t45-,46-,47+,48-,49+/m0/s1. The van der Waals surface area contributed by atoms with Crippen LogP contribution < -0.4 is 44.2 Å². The Morgan fingerprint density at radius 1 is 0.676 bits per heavy atom. The van der Waals surface area contributed by atoms with Crippen LogP contribution in [0.2, 0.25) is 0 Å². The van der Waals surface area contributed by atoms with Crippen LogP contribution in [0.1, 0.15) is 78.3 Å². The lowest BCUT2D eigenvalue weighted by atomic mass is 9.90. The van der Waals surface area contributed by atoms with Crippen molar-refractivity contribution in [2.75, 3.05) is 39.8 Å². The first-order valence-corrected chi connectivity index (χ1v) is 25.6. The molecule has 1 aliphatic heterocycles. The number of likely N-dealkylation sites (N-methyl/N-ethyl adjacent to an activating group) is 1. The third kappa shape index (κ3) is 19.3. The second kappa shape index (κ2) is 29.4. The normalized spacial score (nSPS) is 14.8. The van der Waals surface area contributed by atoms with Gasteiger partial charge in [0.25, 0.3) is 0 Å². The summed E-state index contributed by atoms with van der Waals surface area (Å²) in [6.07, 6.45) is 4.69. The number of piperidine rings is 1. The van der Waals surface area contributed by atoms with Crippen molar-refractivity contribution in [1.29, 1.82) is 0 Å². The van der Waals surface area contributed by atoms with Gasteiger partial charge in [-0.2, -0.15) is 0 Å². The number of benzene rings is 4. The highest BCUT2D eigenvalue weighted by molar-refractivity contribution is 5.94. The monoisotopic (exact) mass is 1020 g/mol. The van der Waals surface area contributed by atoms with Gasteiger partial charge in [0.2, 0.25) is 35.4 Å². The Balaban J connectivity index is 1.24. The van der Waals surface area contributed by atoms with Crippen LogP contribution >= 0.6 is 0 Å². The summed E-state index contributed by atoms with van der Waals surface area (Å²) >= 11 is 0. The maximum atomic E-state index is 14.3. The molecule has 13 N–H and O–H groups in total. The molecule has 0 bridgehead atoms. The van der Waals surface area contributed by atoms with Crippen LogP contribution in [0.3, 0.4) is 0 Å². The number of phenols is 1. The number of hydrogen-bond donors (Lipinski definition) is 9. The highest BCUT2D eigenvalue weighted by Crippen LogP contribution is 2.23. The SMILES string of the molecule is Cc1cc(O)cc(C)c1C[C@H](N)C(=O)N[C@H](CCCN=C(N)N)C(=O)N[C@H](Cc1ccccc1)C(=O)N(C)CCC(=O)N[C@@H](CCCN1CCC(Cc2ccccc2)CC1)C(=O)N[C@@H](Cc1ccccc1)C(N)=O. The van der Waals surface area contributed by atoms with E-state index in [0.717, 1.165) is 66.7 Å². The van der Waals surface area contributed by atoms with E-state index in [1.165, 1.54) is 17.5 Å². The zero-order valence-corrected chi connectivity index (χ0v) is 43.1. The molecule has 18 heteroatoms. The second-order valence-corrected chi connectivity index (χ2v) is 19.5. The van der Waals surface area contributed by atoms with Gasteiger partial charge < -0.3 is 59.1 Å². The molecule has 1 heterocycles. The molecular formula is C56H77N11O7. The summed E-state index contributed by atoms with van der Waals surface area (Å²) in [5, 5.41) is 21.3. The van der Waals surface area contributed by atoms with Crippen molar-refractivity contribution in [3.8, 4) is 5.75 Å². The summed E-state index contributed by atoms with van der Waals surface area (Å²) in [6, 6.07) is 26.6. The zero-order valence-electron chi connectivity index (χ0n) is 43.1. The first-order valence-electron chi connectivity index (χ1n) is 25.6. The Kier molecular flexibility index (Phi) is 22.9. The van der Waals surface area contributed by atoms with Crippen LogP contribution in [0.5, 0.6) is 5.75 Å². The number of guanidine groups is 1. The van der Waals surface area contributed by atoms with Crippen LogP contribution in [0, 0.1) is 19.8 Å². The minimum absolute atomic E-state index is 0.0698. The van der Waals surface area contributed by atoms with Crippen molar-refractivity contribution >= 4 is 41.4 Å². The Morgan fingerprint density at radius 3 is 1.73 bits per heavy atom. The minimum Gasteiger partial charge on any atom is -0.508 e. The van der Waals surface area contributed by atoms with E-state index < -0.39 is 65.7 Å². The number of phenolic OH excluding ortho intramolecular Hbond substituents is 1. The number of aliphatic imine (C=N–C) groups is 1. The summed E-state index contributed by atoms with van der Waals surface area (Å²) in [7, 11) is 1.52. The van der Waals surface area contributed by atoms with Gasteiger partial charge in [0, 0.05) is 39.4 Å². The molecule has 0 aliphatic carbocycles. The number of primary amides is 1. The van der Waals surface area contributed by atoms with E-state index in [2.05, 4.69) is 55.4 Å². The average molecular weight is 1020 g/mol. The number of amides is 6. The number of hydrogen-bond acceptors (Lipinski definition) is 10. The molecule has 0 aromatic heterocycles. The van der Waals surface area contributed by atoms with Crippen molar-refractivity contribution < 1.29 is 33.9 Å². The van der Waals surface area contributed by atoms with Gasteiger partial charge in [-0.1, -0.05) is 91.0 Å². The minimum atomic E-state index is -1.14. The zero-order chi connectivity index (χ0) is 53.6. The lowest BCUT2D eigenvalue weighted by molar-refractivity contribution is -0.137. The summed E-state index contributed by atoms with van der Waals surface area (Å²) < 4.78 is 0. The number of rotatable bonds is 28. The van der Waals surface area contributed by atoms with Gasteiger partial charge in [-0.05, 0) is 136 Å². The van der Waals surface area contributed by atoms with Gasteiger partial charge in [-0.15, -0.1) is 0 Å². The van der Waals surface area contributed by atoms with Gasteiger partial charge in [0.15, 0.2) is 5.96 Å². The number of aryl methyl sites for hydroxylation is 2. The number of carbonyl (C=O) groups excluding carboxylic acids is 6. The first-order chi connectivity index (χ1) is 35.4. The predicted molar refractivity (Wildman–Crippen MR) is 287 cm³/mol. The highest BCUT2D eigenvalue weighted by Gasteiger charge is 2.32. The fourth-order valence-corrected chi connectivity index (χ4v) is 9.38. The molecule has 1 aliphatic rings. The molecule has 6 amide bonds. The summed E-state index contributed by atoms with van der Waals surface area (Å²) in [4.78, 5) is 90.3. The fraction of sp³-hybridized carbons (Fsp3) is 0.446. The second-order valence-electron chi connectivity index (χ2n) is 19.5. The molecule has 74 heavy (non-hydrogen) atoms. The number of nitrogens with one attached hydrogen (secondary N) is 4. The third-order valence-electron chi connectivity index (χ3n) is 13.6. The molecule has 398 valence electrons. The summed E-state index contributed by atoms with van der Waals surface area (Å²) in [6.45, 7) is 6.31. The molecule has 4 aromatic rings. The van der Waals surface area contributed by atoms with E-state index in [0.29, 0.717) is 25.2 Å². The Morgan fingerprint density at radius 2 is 1.18 bits per heavy atom. The predicted octanol–water partition coefficient (Wildman–Crippen LogP) is 2.43. The first kappa shape index (κ1) is 57.6. The number of likely N-dealkylation sites (tertiary alicyclic amines) is 1. The van der Waals surface area contributed by atoms with Crippen molar-refractivity contribution in [1.82, 2.24) is 31.1 Å². The van der Waals surface area contributed by atoms with Gasteiger partial charge in [0.1, 0.15) is 29.9 Å². The van der Waals surface area contributed by atoms with E-state index in [4.69, 9.17) is 22.9 Å². The van der Waals surface area contributed by atoms with Crippen LogP contribution in [-0.2, 0) is 54.5 Å². The molecule has 0 spiro atoms. The van der Waals surface area contributed by atoms with Crippen molar-refractivity contribution in [3.63, 3.8) is 0 Å². The average Bonchev–Trinajstić information content (AvgIpc) is 3.37.